The fraction of sp³-hybridized carbons (Fsp3) is 0.500. The van der Waals surface area contributed by atoms with Crippen LogP contribution < -0.4 is 5.73 Å². The number of nitrogens with two attached hydrogens (primary N) is 1. The van der Waals surface area contributed by atoms with E-state index in [-0.39, 0.29) is 29.7 Å². The molecule has 0 spiro atoms. The number of nitro groups is 1. The SMILES string of the molecule is CC(C)C(N)CCN(C)C(=O)c1ccc([N+](=O)[O-])cc1F.Cl. The van der Waals surface area contributed by atoms with Crippen LogP contribution in [0.2, 0.25) is 0 Å². The van der Waals surface area contributed by atoms with Crippen molar-refractivity contribution in [3.05, 3.63) is 39.7 Å². The number of halogens is 2. The first kappa shape index (κ1) is 20.3. The molecular weight excluding hydrogens is 313 g/mol. The van der Waals surface area contributed by atoms with E-state index in [1.807, 2.05) is 13.8 Å². The molecule has 6 nitrogen and oxygen atoms in total. The van der Waals surface area contributed by atoms with Gasteiger partial charge in [0.05, 0.1) is 16.6 Å². The molecule has 124 valence electrons. The van der Waals surface area contributed by atoms with Crippen molar-refractivity contribution in [1.82, 2.24) is 4.90 Å². The number of carbonyl (C=O) groups excluding carboxylic acids is 1. The standard InChI is InChI=1S/C14H20FN3O3.ClH/c1-9(2)13(16)6-7-17(3)14(19)11-5-4-10(18(20)21)8-12(11)15;/h4-5,8-9,13H,6-7,16H2,1-3H3;1H. The molecule has 0 aliphatic heterocycles. The Morgan fingerprint density at radius 2 is 2.05 bits per heavy atom. The Kier molecular flexibility index (Phi) is 7.97. The summed E-state index contributed by atoms with van der Waals surface area (Å²) in [5, 5.41) is 10.5. The molecule has 1 unspecified atom stereocenters. The van der Waals surface area contributed by atoms with Gasteiger partial charge in [0, 0.05) is 25.7 Å². The van der Waals surface area contributed by atoms with E-state index in [1.54, 1.807) is 7.05 Å². The predicted molar refractivity (Wildman–Crippen MR) is 84.7 cm³/mol. The number of non-ortho nitro benzene ring substituents is 1. The third-order valence-electron chi connectivity index (χ3n) is 3.39. The van der Waals surface area contributed by atoms with Crippen LogP contribution >= 0.6 is 12.4 Å². The molecule has 0 aliphatic carbocycles. The van der Waals surface area contributed by atoms with Crippen LogP contribution in [0, 0.1) is 21.8 Å². The Balaban J connectivity index is 0.00000441. The van der Waals surface area contributed by atoms with Crippen LogP contribution in [0.1, 0.15) is 30.6 Å². The van der Waals surface area contributed by atoms with Gasteiger partial charge in [-0.1, -0.05) is 13.8 Å². The lowest BCUT2D eigenvalue weighted by atomic mass is 10.0. The van der Waals surface area contributed by atoms with E-state index in [0.717, 1.165) is 18.2 Å². The number of benzene rings is 1. The minimum atomic E-state index is -0.894. The second kappa shape index (κ2) is 8.65. The lowest BCUT2D eigenvalue weighted by Gasteiger charge is -2.21. The maximum Gasteiger partial charge on any atom is 0.272 e. The molecule has 0 saturated heterocycles. The van der Waals surface area contributed by atoms with Gasteiger partial charge >= 0.3 is 0 Å². The molecule has 1 amide bonds. The summed E-state index contributed by atoms with van der Waals surface area (Å²) in [6, 6.07) is 2.96. The highest BCUT2D eigenvalue weighted by Gasteiger charge is 2.20. The average molecular weight is 334 g/mol. The van der Waals surface area contributed by atoms with Gasteiger partial charge in [0.15, 0.2) is 0 Å². The summed E-state index contributed by atoms with van der Waals surface area (Å²) in [6.45, 7) is 4.37. The Labute approximate surface area is 135 Å². The largest absolute Gasteiger partial charge is 0.342 e. The van der Waals surface area contributed by atoms with Crippen molar-refractivity contribution in [2.45, 2.75) is 26.3 Å². The molecule has 22 heavy (non-hydrogen) atoms. The van der Waals surface area contributed by atoms with Crippen LogP contribution in [0.5, 0.6) is 0 Å². The molecule has 0 radical (unpaired) electrons. The van der Waals surface area contributed by atoms with E-state index in [2.05, 4.69) is 0 Å². The van der Waals surface area contributed by atoms with Crippen molar-refractivity contribution in [2.24, 2.45) is 11.7 Å². The summed E-state index contributed by atoms with van der Waals surface area (Å²) in [4.78, 5) is 23.3. The zero-order chi connectivity index (χ0) is 16.2. The highest BCUT2D eigenvalue weighted by molar-refractivity contribution is 5.94. The van der Waals surface area contributed by atoms with Gasteiger partial charge in [-0.2, -0.15) is 0 Å². The van der Waals surface area contributed by atoms with E-state index in [9.17, 15) is 19.3 Å². The maximum absolute atomic E-state index is 13.8. The lowest BCUT2D eigenvalue weighted by molar-refractivity contribution is -0.385. The molecule has 1 atom stereocenters. The first-order valence-electron chi connectivity index (χ1n) is 6.69. The molecule has 0 aromatic heterocycles. The van der Waals surface area contributed by atoms with Crippen molar-refractivity contribution in [1.29, 1.82) is 0 Å². The topological polar surface area (TPSA) is 89.5 Å². The van der Waals surface area contributed by atoms with Crippen molar-refractivity contribution in [3.63, 3.8) is 0 Å². The molecule has 1 rings (SSSR count). The third kappa shape index (κ3) is 5.23. The number of carbonyl (C=O) groups is 1. The maximum atomic E-state index is 13.8. The molecule has 1 aromatic carbocycles. The summed E-state index contributed by atoms with van der Waals surface area (Å²) < 4.78 is 13.8. The quantitative estimate of drug-likeness (QED) is 0.640. The minimum Gasteiger partial charge on any atom is -0.342 e. The summed E-state index contributed by atoms with van der Waals surface area (Å²) in [5.41, 5.74) is 5.34. The van der Waals surface area contributed by atoms with Crippen LogP contribution in [0.25, 0.3) is 0 Å². The van der Waals surface area contributed by atoms with E-state index < -0.39 is 16.6 Å². The van der Waals surface area contributed by atoms with Crippen molar-refractivity contribution >= 4 is 24.0 Å². The number of amides is 1. The van der Waals surface area contributed by atoms with Crippen LogP contribution in [-0.2, 0) is 0 Å². The highest BCUT2D eigenvalue weighted by atomic mass is 35.5. The number of nitro benzene ring substituents is 1. The Morgan fingerprint density at radius 3 is 2.50 bits per heavy atom. The van der Waals surface area contributed by atoms with E-state index in [1.165, 1.54) is 4.90 Å². The van der Waals surface area contributed by atoms with Gasteiger partial charge in [-0.05, 0) is 18.4 Å². The van der Waals surface area contributed by atoms with Gasteiger partial charge < -0.3 is 10.6 Å². The summed E-state index contributed by atoms with van der Waals surface area (Å²) in [5.74, 6) is -1.11. The first-order valence-corrected chi connectivity index (χ1v) is 6.69. The van der Waals surface area contributed by atoms with E-state index in [0.29, 0.717) is 18.9 Å². The predicted octanol–water partition coefficient (Wildman–Crippen LogP) is 2.60. The van der Waals surface area contributed by atoms with Gasteiger partial charge in [0.2, 0.25) is 0 Å². The molecule has 0 bridgehead atoms. The monoisotopic (exact) mass is 333 g/mol. The fourth-order valence-electron chi connectivity index (χ4n) is 1.77. The molecule has 0 saturated carbocycles. The van der Waals surface area contributed by atoms with Gasteiger partial charge in [0.25, 0.3) is 11.6 Å². The number of hydrogen-bond acceptors (Lipinski definition) is 4. The number of rotatable bonds is 6. The molecule has 0 fully saturated rings. The van der Waals surface area contributed by atoms with Crippen LogP contribution in [-0.4, -0.2) is 35.4 Å². The summed E-state index contributed by atoms with van der Waals surface area (Å²) in [7, 11) is 1.55. The molecule has 2 N–H and O–H groups in total. The van der Waals surface area contributed by atoms with Crippen LogP contribution in [0.4, 0.5) is 10.1 Å². The van der Waals surface area contributed by atoms with Crippen LogP contribution in [0.15, 0.2) is 18.2 Å². The fourth-order valence-corrected chi connectivity index (χ4v) is 1.77. The van der Waals surface area contributed by atoms with Gasteiger partial charge in [-0.3, -0.25) is 14.9 Å². The Hall–Kier alpha value is -1.73. The minimum absolute atomic E-state index is 0. The van der Waals surface area contributed by atoms with Crippen molar-refractivity contribution in [3.8, 4) is 0 Å². The summed E-state index contributed by atoms with van der Waals surface area (Å²) >= 11 is 0. The smallest absolute Gasteiger partial charge is 0.272 e. The normalized spacial score (nSPS) is 11.7. The third-order valence-corrected chi connectivity index (χ3v) is 3.39. The second-order valence-corrected chi connectivity index (χ2v) is 5.34. The van der Waals surface area contributed by atoms with Crippen molar-refractivity contribution in [2.75, 3.05) is 13.6 Å². The second-order valence-electron chi connectivity index (χ2n) is 5.34. The molecule has 1 aromatic rings. The number of hydrogen-bond donors (Lipinski definition) is 1. The van der Waals surface area contributed by atoms with Gasteiger partial charge in [0.1, 0.15) is 5.82 Å². The number of nitrogens with zero attached hydrogens (tertiary/aromatic N) is 2. The van der Waals surface area contributed by atoms with Crippen molar-refractivity contribution < 1.29 is 14.1 Å². The Bertz CT molecular complexity index is 540. The molecule has 0 heterocycles. The lowest BCUT2D eigenvalue weighted by Crippen LogP contribution is -2.35. The molecule has 0 aliphatic rings. The zero-order valence-corrected chi connectivity index (χ0v) is 13.6. The summed E-state index contributed by atoms with van der Waals surface area (Å²) in [6.07, 6.45) is 0.606. The van der Waals surface area contributed by atoms with E-state index >= 15 is 0 Å². The van der Waals surface area contributed by atoms with Gasteiger partial charge in [-0.15, -0.1) is 12.4 Å². The zero-order valence-electron chi connectivity index (χ0n) is 12.8. The Morgan fingerprint density at radius 1 is 1.45 bits per heavy atom. The van der Waals surface area contributed by atoms with Gasteiger partial charge in [-0.25, -0.2) is 4.39 Å². The molecular formula is C14H21ClFN3O3. The highest BCUT2D eigenvalue weighted by Crippen LogP contribution is 2.18. The first-order chi connectivity index (χ1) is 9.73. The average Bonchev–Trinajstić information content (AvgIpc) is 2.43. The molecule has 8 heteroatoms. The van der Waals surface area contributed by atoms with E-state index in [4.69, 9.17) is 5.73 Å². The van der Waals surface area contributed by atoms with Crippen LogP contribution in [0.3, 0.4) is 0 Å².